The molecule has 1 aliphatic heterocycles. The lowest BCUT2D eigenvalue weighted by Gasteiger charge is -2.44. The van der Waals surface area contributed by atoms with Gasteiger partial charge < -0.3 is 5.11 Å². The van der Waals surface area contributed by atoms with Gasteiger partial charge in [-0.2, -0.15) is 0 Å². The average molecular weight is 245 g/mol. The third kappa shape index (κ3) is 2.41. The van der Waals surface area contributed by atoms with Gasteiger partial charge in [-0.15, -0.1) is 0 Å². The highest BCUT2D eigenvalue weighted by molar-refractivity contribution is 5.67. The van der Waals surface area contributed by atoms with Crippen LogP contribution < -0.4 is 0 Å². The van der Waals surface area contributed by atoms with Gasteiger partial charge in [0.05, 0.1) is 6.42 Å². The van der Waals surface area contributed by atoms with Crippen molar-refractivity contribution in [2.75, 3.05) is 13.1 Å². The van der Waals surface area contributed by atoms with Gasteiger partial charge in [0.1, 0.15) is 0 Å². The number of carboxylic acid groups (broad SMARTS) is 1. The van der Waals surface area contributed by atoms with Crippen molar-refractivity contribution in [1.82, 2.24) is 4.90 Å². The molecule has 1 unspecified atom stereocenters. The third-order valence-electron chi connectivity index (χ3n) is 4.20. The van der Waals surface area contributed by atoms with E-state index in [4.69, 9.17) is 5.11 Å². The monoisotopic (exact) mass is 245 g/mol. The maximum Gasteiger partial charge on any atom is 0.304 e. The number of nitrogens with zero attached hydrogens (tertiary/aromatic N) is 1. The Kier molecular flexibility index (Phi) is 3.08. The van der Waals surface area contributed by atoms with Gasteiger partial charge in [-0.1, -0.05) is 30.3 Å². The van der Waals surface area contributed by atoms with E-state index in [-0.39, 0.29) is 6.04 Å². The van der Waals surface area contributed by atoms with Crippen molar-refractivity contribution in [1.29, 1.82) is 0 Å². The molecule has 0 spiro atoms. The molecule has 0 bridgehead atoms. The summed E-state index contributed by atoms with van der Waals surface area (Å²) < 4.78 is 0. The number of rotatable bonds is 5. The summed E-state index contributed by atoms with van der Waals surface area (Å²) in [5.41, 5.74) is 1.39. The van der Waals surface area contributed by atoms with E-state index in [2.05, 4.69) is 29.2 Å². The zero-order chi connectivity index (χ0) is 12.5. The molecule has 0 radical (unpaired) electrons. The maximum absolute atomic E-state index is 10.9. The van der Waals surface area contributed by atoms with Crippen LogP contribution in [0.4, 0.5) is 0 Å². The van der Waals surface area contributed by atoms with Gasteiger partial charge in [-0.3, -0.25) is 9.69 Å². The second-order valence-electron chi connectivity index (χ2n) is 5.56. The van der Waals surface area contributed by atoms with E-state index in [9.17, 15) is 4.79 Å². The molecule has 18 heavy (non-hydrogen) atoms. The largest absolute Gasteiger partial charge is 0.481 e. The van der Waals surface area contributed by atoms with Gasteiger partial charge in [0.25, 0.3) is 0 Å². The Labute approximate surface area is 107 Å². The van der Waals surface area contributed by atoms with Gasteiger partial charge in [0.15, 0.2) is 0 Å². The maximum atomic E-state index is 10.9. The fraction of sp³-hybridized carbons (Fsp3) is 0.533. The number of carboxylic acids is 1. The molecule has 2 aliphatic rings. The highest BCUT2D eigenvalue weighted by Gasteiger charge is 2.41. The number of benzene rings is 1. The van der Waals surface area contributed by atoms with Crippen molar-refractivity contribution in [3.05, 3.63) is 35.9 Å². The van der Waals surface area contributed by atoms with Crippen LogP contribution in [-0.2, 0) is 4.79 Å². The molecule has 0 aromatic heterocycles. The topological polar surface area (TPSA) is 40.5 Å². The molecule has 0 amide bonds. The van der Waals surface area contributed by atoms with Crippen molar-refractivity contribution in [2.24, 2.45) is 5.92 Å². The standard InChI is InChI=1S/C15H19NO2/c17-15(18)8-14(12-6-7-12)16-9-13(10-16)11-4-2-1-3-5-11/h1-5,12-14H,6-10H2,(H,17,18). The molecule has 1 N–H and O–H groups in total. The van der Waals surface area contributed by atoms with Gasteiger partial charge in [0, 0.05) is 25.0 Å². The van der Waals surface area contributed by atoms with Gasteiger partial charge in [-0.25, -0.2) is 0 Å². The predicted molar refractivity (Wildman–Crippen MR) is 69.5 cm³/mol. The number of hydrogen-bond acceptors (Lipinski definition) is 2. The van der Waals surface area contributed by atoms with Crippen LogP contribution in [0, 0.1) is 5.92 Å². The van der Waals surface area contributed by atoms with Gasteiger partial charge >= 0.3 is 5.97 Å². The Bertz CT molecular complexity index is 421. The molecule has 3 heteroatoms. The molecule has 2 fully saturated rings. The van der Waals surface area contributed by atoms with Gasteiger partial charge in [-0.05, 0) is 24.3 Å². The summed E-state index contributed by atoms with van der Waals surface area (Å²) in [5.74, 6) is 0.578. The van der Waals surface area contributed by atoms with E-state index in [1.807, 2.05) is 6.07 Å². The minimum absolute atomic E-state index is 0.280. The zero-order valence-electron chi connectivity index (χ0n) is 10.5. The molecule has 3 nitrogen and oxygen atoms in total. The smallest absolute Gasteiger partial charge is 0.304 e. The normalized spacial score (nSPS) is 22.4. The Morgan fingerprint density at radius 2 is 1.94 bits per heavy atom. The van der Waals surface area contributed by atoms with E-state index in [0.29, 0.717) is 18.3 Å². The first-order valence-electron chi connectivity index (χ1n) is 6.75. The lowest BCUT2D eigenvalue weighted by atomic mass is 9.88. The third-order valence-corrected chi connectivity index (χ3v) is 4.20. The summed E-state index contributed by atoms with van der Waals surface area (Å²) in [4.78, 5) is 13.3. The molecule has 1 heterocycles. The van der Waals surface area contributed by atoms with E-state index in [1.165, 1.54) is 18.4 Å². The first-order chi connectivity index (χ1) is 8.74. The minimum Gasteiger partial charge on any atom is -0.481 e. The SMILES string of the molecule is O=C(O)CC(C1CC1)N1CC(c2ccccc2)C1. The van der Waals surface area contributed by atoms with Crippen LogP contribution in [-0.4, -0.2) is 35.1 Å². The minimum atomic E-state index is -0.657. The lowest BCUT2D eigenvalue weighted by molar-refractivity contribution is -0.139. The fourth-order valence-corrected chi connectivity index (χ4v) is 2.97. The molecule has 3 rings (SSSR count). The number of hydrogen-bond donors (Lipinski definition) is 1. The Hall–Kier alpha value is -1.35. The van der Waals surface area contributed by atoms with Crippen LogP contribution >= 0.6 is 0 Å². The molecule has 96 valence electrons. The van der Waals surface area contributed by atoms with Crippen LogP contribution in [0.15, 0.2) is 30.3 Å². The summed E-state index contributed by atoms with van der Waals surface area (Å²) >= 11 is 0. The highest BCUT2D eigenvalue weighted by atomic mass is 16.4. The highest BCUT2D eigenvalue weighted by Crippen LogP contribution is 2.41. The number of carbonyl (C=O) groups is 1. The summed E-state index contributed by atoms with van der Waals surface area (Å²) in [6.45, 7) is 2.05. The summed E-state index contributed by atoms with van der Waals surface area (Å²) in [6, 6.07) is 10.8. The second kappa shape index (κ2) is 4.73. The molecular formula is C15H19NO2. The summed E-state index contributed by atoms with van der Waals surface area (Å²) in [6.07, 6.45) is 2.74. The molecule has 1 atom stereocenters. The van der Waals surface area contributed by atoms with Crippen LogP contribution in [0.2, 0.25) is 0 Å². The molecule has 1 saturated carbocycles. The number of likely N-dealkylation sites (tertiary alicyclic amines) is 1. The molecule has 1 saturated heterocycles. The van der Waals surface area contributed by atoms with Crippen molar-refractivity contribution < 1.29 is 9.90 Å². The van der Waals surface area contributed by atoms with E-state index in [1.54, 1.807) is 0 Å². The van der Waals surface area contributed by atoms with Crippen molar-refractivity contribution in [3.8, 4) is 0 Å². The van der Waals surface area contributed by atoms with Crippen molar-refractivity contribution in [3.63, 3.8) is 0 Å². The Balaban J connectivity index is 1.58. The van der Waals surface area contributed by atoms with E-state index in [0.717, 1.165) is 13.1 Å². The Morgan fingerprint density at radius 3 is 2.50 bits per heavy atom. The van der Waals surface area contributed by atoms with Crippen LogP contribution in [0.25, 0.3) is 0 Å². The molecule has 1 aliphatic carbocycles. The van der Waals surface area contributed by atoms with Crippen molar-refractivity contribution in [2.45, 2.75) is 31.2 Å². The average Bonchev–Trinajstić information content (AvgIpc) is 3.10. The fourth-order valence-electron chi connectivity index (χ4n) is 2.97. The molecular weight excluding hydrogens is 226 g/mol. The Morgan fingerprint density at radius 1 is 1.28 bits per heavy atom. The second-order valence-corrected chi connectivity index (χ2v) is 5.56. The molecule has 1 aromatic rings. The van der Waals surface area contributed by atoms with Crippen molar-refractivity contribution >= 4 is 5.97 Å². The van der Waals surface area contributed by atoms with E-state index < -0.39 is 5.97 Å². The summed E-state index contributed by atoms with van der Waals surface area (Å²) in [7, 11) is 0. The van der Waals surface area contributed by atoms with Crippen LogP contribution in [0.1, 0.15) is 30.7 Å². The van der Waals surface area contributed by atoms with Crippen LogP contribution in [0.5, 0.6) is 0 Å². The first-order valence-corrected chi connectivity index (χ1v) is 6.75. The van der Waals surface area contributed by atoms with Crippen LogP contribution in [0.3, 0.4) is 0 Å². The molecule has 1 aromatic carbocycles. The van der Waals surface area contributed by atoms with Gasteiger partial charge in [0.2, 0.25) is 0 Å². The van der Waals surface area contributed by atoms with E-state index >= 15 is 0 Å². The summed E-state index contributed by atoms with van der Waals surface area (Å²) in [5, 5.41) is 8.99. The first kappa shape index (κ1) is 11.7. The predicted octanol–water partition coefficient (Wildman–Crippen LogP) is 2.34. The number of aliphatic carboxylic acids is 1. The quantitative estimate of drug-likeness (QED) is 0.865. The lowest BCUT2D eigenvalue weighted by Crippen LogP contribution is -2.52. The zero-order valence-corrected chi connectivity index (χ0v) is 10.5.